The van der Waals surface area contributed by atoms with E-state index >= 15 is 0 Å². The van der Waals surface area contributed by atoms with Crippen LogP contribution in [0.15, 0.2) is 77.5 Å². The van der Waals surface area contributed by atoms with Gasteiger partial charge in [-0.25, -0.2) is 4.79 Å². The largest absolute Gasteiger partial charge is 0.368 e. The first-order valence-corrected chi connectivity index (χ1v) is 14.2. The number of urea groups is 1. The lowest BCUT2D eigenvalue weighted by atomic mass is 9.78. The number of ketones is 1. The molecule has 5 rings (SSSR count). The van der Waals surface area contributed by atoms with Gasteiger partial charge in [-0.3, -0.25) is 9.59 Å². The van der Waals surface area contributed by atoms with Gasteiger partial charge in [-0.2, -0.15) is 0 Å². The number of aryl methyl sites for hydroxylation is 2. The number of carbonyl (C=O) groups is 3. The molecule has 194 valence electrons. The van der Waals surface area contributed by atoms with Crippen molar-refractivity contribution in [2.24, 2.45) is 11.7 Å². The van der Waals surface area contributed by atoms with Gasteiger partial charge < -0.3 is 16.0 Å². The number of thiophene rings is 2. The smallest absolute Gasteiger partial charge is 0.323 e. The number of hydrogen-bond donors (Lipinski definition) is 2. The number of nitrogens with one attached hydrogen (secondary N) is 1. The second-order valence-corrected chi connectivity index (χ2v) is 11.7. The molecule has 3 amide bonds. The number of carbonyl (C=O) groups excluding carboxylic acids is 3. The molecule has 3 heterocycles. The first kappa shape index (κ1) is 26.2. The van der Waals surface area contributed by atoms with E-state index in [1.165, 1.54) is 27.6 Å². The molecule has 1 fully saturated rings. The molecule has 0 radical (unpaired) electrons. The summed E-state index contributed by atoms with van der Waals surface area (Å²) in [5.74, 6) is -2.22. The quantitative estimate of drug-likeness (QED) is 0.252. The van der Waals surface area contributed by atoms with Gasteiger partial charge in [-0.05, 0) is 77.7 Å². The van der Waals surface area contributed by atoms with E-state index in [0.29, 0.717) is 15.6 Å². The SMILES string of the molecule is Cc1cccc(NC(=O)N2C(C(N)=O)C(c3ccc(Cl)cc3)C(C(=O)c3cccs3)C2c2sccc2C)c1. The summed E-state index contributed by atoms with van der Waals surface area (Å²) < 4.78 is 0. The van der Waals surface area contributed by atoms with Gasteiger partial charge in [0.15, 0.2) is 5.78 Å². The number of primary amides is 1. The molecular formula is C29H26ClN3O3S2. The summed E-state index contributed by atoms with van der Waals surface area (Å²) in [4.78, 5) is 44.3. The maximum absolute atomic E-state index is 14.2. The third-order valence-electron chi connectivity index (χ3n) is 6.95. The number of rotatable bonds is 6. The zero-order valence-corrected chi connectivity index (χ0v) is 23.1. The van der Waals surface area contributed by atoms with Crippen LogP contribution in [0.4, 0.5) is 10.5 Å². The lowest BCUT2D eigenvalue weighted by Gasteiger charge is -2.30. The summed E-state index contributed by atoms with van der Waals surface area (Å²) in [7, 11) is 0. The van der Waals surface area contributed by atoms with Crippen molar-refractivity contribution < 1.29 is 14.4 Å². The van der Waals surface area contributed by atoms with Crippen molar-refractivity contribution in [1.82, 2.24) is 4.90 Å². The van der Waals surface area contributed by atoms with Crippen molar-refractivity contribution in [3.05, 3.63) is 109 Å². The highest BCUT2D eigenvalue weighted by atomic mass is 35.5. The molecule has 4 aromatic rings. The Morgan fingerprint density at radius 3 is 2.32 bits per heavy atom. The second-order valence-electron chi connectivity index (χ2n) is 9.41. The molecule has 0 spiro atoms. The maximum atomic E-state index is 14.2. The van der Waals surface area contributed by atoms with Crippen molar-refractivity contribution in [1.29, 1.82) is 0 Å². The predicted octanol–water partition coefficient (Wildman–Crippen LogP) is 6.81. The summed E-state index contributed by atoms with van der Waals surface area (Å²) in [6, 6.07) is 17.8. The van der Waals surface area contributed by atoms with Gasteiger partial charge in [0.05, 0.1) is 16.8 Å². The number of hydrogen-bond acceptors (Lipinski definition) is 5. The molecule has 6 nitrogen and oxygen atoms in total. The Morgan fingerprint density at radius 1 is 0.947 bits per heavy atom. The summed E-state index contributed by atoms with van der Waals surface area (Å²) >= 11 is 8.99. The molecule has 2 aromatic carbocycles. The van der Waals surface area contributed by atoms with Crippen LogP contribution in [0.2, 0.25) is 5.02 Å². The van der Waals surface area contributed by atoms with Crippen molar-refractivity contribution in [3.8, 4) is 0 Å². The van der Waals surface area contributed by atoms with Crippen LogP contribution in [-0.4, -0.2) is 28.7 Å². The highest BCUT2D eigenvalue weighted by Crippen LogP contribution is 2.53. The lowest BCUT2D eigenvalue weighted by molar-refractivity contribution is -0.122. The van der Waals surface area contributed by atoms with Crippen molar-refractivity contribution in [2.45, 2.75) is 31.8 Å². The van der Waals surface area contributed by atoms with Crippen molar-refractivity contribution in [3.63, 3.8) is 0 Å². The van der Waals surface area contributed by atoms with Gasteiger partial charge in [0, 0.05) is 21.5 Å². The van der Waals surface area contributed by atoms with Crippen molar-refractivity contribution in [2.75, 3.05) is 5.32 Å². The van der Waals surface area contributed by atoms with Gasteiger partial charge in [-0.15, -0.1) is 22.7 Å². The molecule has 0 saturated carbocycles. The predicted molar refractivity (Wildman–Crippen MR) is 153 cm³/mol. The van der Waals surface area contributed by atoms with E-state index in [1.807, 2.05) is 54.9 Å². The molecule has 1 aliphatic rings. The minimum absolute atomic E-state index is 0.130. The van der Waals surface area contributed by atoms with Crippen LogP contribution < -0.4 is 11.1 Å². The fourth-order valence-corrected chi connectivity index (χ4v) is 7.24. The van der Waals surface area contributed by atoms with Gasteiger partial charge in [-0.1, -0.05) is 41.9 Å². The topological polar surface area (TPSA) is 92.5 Å². The average Bonchev–Trinajstić information content (AvgIpc) is 3.63. The molecule has 1 saturated heterocycles. The second kappa shape index (κ2) is 10.7. The van der Waals surface area contributed by atoms with E-state index in [-0.39, 0.29) is 5.78 Å². The number of likely N-dealkylation sites (tertiary alicyclic amines) is 1. The van der Waals surface area contributed by atoms with Crippen LogP contribution in [0, 0.1) is 19.8 Å². The molecule has 1 aliphatic heterocycles. The molecule has 4 atom stereocenters. The van der Waals surface area contributed by atoms with Crippen LogP contribution >= 0.6 is 34.3 Å². The lowest BCUT2D eigenvalue weighted by Crippen LogP contribution is -2.48. The Bertz CT molecular complexity index is 1480. The number of nitrogens with zero attached hydrogens (tertiary/aromatic N) is 1. The minimum atomic E-state index is -1.07. The number of nitrogens with two attached hydrogens (primary N) is 1. The third kappa shape index (κ3) is 4.87. The minimum Gasteiger partial charge on any atom is -0.368 e. The molecule has 4 unspecified atom stereocenters. The van der Waals surface area contributed by atoms with E-state index in [1.54, 1.807) is 36.4 Å². The van der Waals surface area contributed by atoms with E-state index in [0.717, 1.165) is 21.6 Å². The van der Waals surface area contributed by atoms with Crippen LogP contribution in [-0.2, 0) is 4.79 Å². The summed E-state index contributed by atoms with van der Waals surface area (Å²) in [6.07, 6.45) is 0. The van der Waals surface area contributed by atoms with Crippen LogP contribution in [0.5, 0.6) is 0 Å². The highest BCUT2D eigenvalue weighted by Gasteiger charge is 2.57. The Balaban J connectivity index is 1.71. The first-order chi connectivity index (χ1) is 18.3. The van der Waals surface area contributed by atoms with Gasteiger partial charge in [0.1, 0.15) is 6.04 Å². The van der Waals surface area contributed by atoms with E-state index in [2.05, 4.69) is 5.32 Å². The average molecular weight is 564 g/mol. The first-order valence-electron chi connectivity index (χ1n) is 12.1. The van der Waals surface area contributed by atoms with Crippen LogP contribution in [0.1, 0.15) is 43.2 Å². The van der Waals surface area contributed by atoms with Crippen LogP contribution in [0.25, 0.3) is 0 Å². The Kier molecular flexibility index (Phi) is 7.38. The summed E-state index contributed by atoms with van der Waals surface area (Å²) in [5.41, 5.74) is 9.28. The molecule has 38 heavy (non-hydrogen) atoms. The number of anilines is 1. The molecule has 2 aromatic heterocycles. The third-order valence-corrected chi connectivity index (χ3v) is 9.18. The van der Waals surface area contributed by atoms with Gasteiger partial charge in [0.2, 0.25) is 5.91 Å². The monoisotopic (exact) mass is 563 g/mol. The van der Waals surface area contributed by atoms with E-state index in [9.17, 15) is 14.4 Å². The molecule has 9 heteroatoms. The van der Waals surface area contributed by atoms with Gasteiger partial charge in [0.25, 0.3) is 0 Å². The zero-order chi connectivity index (χ0) is 27.0. The summed E-state index contributed by atoms with van der Waals surface area (Å²) in [6.45, 7) is 3.88. The number of benzene rings is 2. The number of amides is 3. The molecule has 0 aliphatic carbocycles. The maximum Gasteiger partial charge on any atom is 0.323 e. The van der Waals surface area contributed by atoms with Crippen LogP contribution in [0.3, 0.4) is 0 Å². The Hall–Kier alpha value is -3.46. The Labute approximate surface area is 234 Å². The molecule has 3 N–H and O–H groups in total. The standard InChI is InChI=1S/C29H26ClN3O3S2/c1-16-5-3-6-20(15-16)32-29(36)33-24(27-17(2)12-14-38-27)23(26(34)21-7-4-13-37-21)22(25(33)28(31)35)18-8-10-19(30)11-9-18/h3-15,22-25H,1-2H3,(H2,31,35)(H,32,36). The zero-order valence-electron chi connectivity index (χ0n) is 20.8. The molecular weight excluding hydrogens is 538 g/mol. The Morgan fingerprint density at radius 2 is 1.71 bits per heavy atom. The van der Waals surface area contributed by atoms with E-state index < -0.39 is 35.9 Å². The fourth-order valence-electron chi connectivity index (χ4n) is 5.33. The van der Waals surface area contributed by atoms with Crippen molar-refractivity contribution >= 4 is 57.7 Å². The summed E-state index contributed by atoms with van der Waals surface area (Å²) in [5, 5.41) is 7.26. The normalized spacial score (nSPS) is 20.9. The van der Waals surface area contributed by atoms with E-state index in [4.69, 9.17) is 17.3 Å². The van der Waals surface area contributed by atoms with Gasteiger partial charge >= 0.3 is 6.03 Å². The fraction of sp³-hybridized carbons (Fsp3) is 0.207. The molecule has 0 bridgehead atoms. The number of Topliss-reactive ketones (excluding diaryl/α,β-unsaturated/α-hetero) is 1. The highest BCUT2D eigenvalue weighted by molar-refractivity contribution is 7.12. The number of halogens is 1.